The highest BCUT2D eigenvalue weighted by Crippen LogP contribution is 2.35. The fraction of sp³-hybridized carbons (Fsp3) is 0.600. The van der Waals surface area contributed by atoms with Gasteiger partial charge in [-0.25, -0.2) is 4.98 Å². The third kappa shape index (κ3) is 2.92. The largest absolute Gasteiger partial charge is 0.340 e. The molecule has 0 fully saturated rings. The maximum absolute atomic E-state index is 12.6. The van der Waals surface area contributed by atoms with Gasteiger partial charge in [0.15, 0.2) is 0 Å². The summed E-state index contributed by atoms with van der Waals surface area (Å²) in [4.78, 5) is 21.2. The lowest BCUT2D eigenvalue weighted by Crippen LogP contribution is -2.32. The molecule has 3 rings (SSSR count). The van der Waals surface area contributed by atoms with Crippen LogP contribution in [-0.4, -0.2) is 39.0 Å². The number of hydrogen-bond acceptors (Lipinski definition) is 6. The molecule has 118 valence electrons. The van der Waals surface area contributed by atoms with Gasteiger partial charge >= 0.3 is 0 Å². The van der Waals surface area contributed by atoms with Gasteiger partial charge in [0.05, 0.1) is 16.4 Å². The van der Waals surface area contributed by atoms with Crippen LogP contribution in [0.1, 0.15) is 56.6 Å². The predicted molar refractivity (Wildman–Crippen MR) is 88.8 cm³/mol. The van der Waals surface area contributed by atoms with Gasteiger partial charge in [-0.05, 0) is 44.1 Å². The number of hydrogen-bond donors (Lipinski definition) is 0. The molecule has 1 atom stereocenters. The monoisotopic (exact) mass is 336 g/mol. The molecule has 1 aliphatic rings. The van der Waals surface area contributed by atoms with Crippen molar-refractivity contribution >= 4 is 28.8 Å². The summed E-state index contributed by atoms with van der Waals surface area (Å²) >= 11 is 3.00. The Morgan fingerprint density at radius 2 is 2.27 bits per heavy atom. The van der Waals surface area contributed by atoms with Crippen LogP contribution in [0, 0.1) is 6.92 Å². The molecule has 1 unspecified atom stereocenters. The van der Waals surface area contributed by atoms with Crippen molar-refractivity contribution in [3.8, 4) is 0 Å². The number of carbonyl (C=O) groups excluding carboxylic acids is 1. The van der Waals surface area contributed by atoms with E-state index >= 15 is 0 Å². The number of rotatable bonds is 4. The maximum Gasteiger partial charge on any atom is 0.267 e. The van der Waals surface area contributed by atoms with E-state index in [1.165, 1.54) is 28.5 Å². The second-order valence-electron chi connectivity index (χ2n) is 5.72. The minimum atomic E-state index is 0.0333. The topological polar surface area (TPSA) is 59.0 Å². The van der Waals surface area contributed by atoms with E-state index in [2.05, 4.69) is 16.5 Å². The molecule has 22 heavy (non-hydrogen) atoms. The molecule has 2 aromatic heterocycles. The molecule has 2 aromatic rings. The molecule has 0 spiro atoms. The summed E-state index contributed by atoms with van der Waals surface area (Å²) < 4.78 is 3.92. The van der Waals surface area contributed by atoms with Crippen molar-refractivity contribution in [3.05, 3.63) is 26.1 Å². The Labute approximate surface area is 138 Å². The first kappa shape index (κ1) is 15.6. The SMILES string of the molecule is CCc1nnsc1C(=O)N(C)CC1CCCc2sc(C)nc21. The minimum absolute atomic E-state index is 0.0333. The number of nitrogens with zero attached hydrogens (tertiary/aromatic N) is 4. The van der Waals surface area contributed by atoms with Crippen LogP contribution in [0.5, 0.6) is 0 Å². The lowest BCUT2D eigenvalue weighted by Gasteiger charge is -2.26. The maximum atomic E-state index is 12.6. The van der Waals surface area contributed by atoms with Gasteiger partial charge in [-0.3, -0.25) is 4.79 Å². The zero-order valence-corrected chi connectivity index (χ0v) is 14.8. The van der Waals surface area contributed by atoms with Crippen molar-refractivity contribution in [2.75, 3.05) is 13.6 Å². The lowest BCUT2D eigenvalue weighted by atomic mass is 9.90. The Kier molecular flexibility index (Phi) is 4.54. The molecule has 5 nitrogen and oxygen atoms in total. The molecule has 7 heteroatoms. The van der Waals surface area contributed by atoms with Gasteiger partial charge in [-0.15, -0.1) is 16.4 Å². The van der Waals surface area contributed by atoms with Crippen LogP contribution >= 0.6 is 22.9 Å². The van der Waals surface area contributed by atoms with Crippen LogP contribution in [0.25, 0.3) is 0 Å². The molecule has 0 aromatic carbocycles. The summed E-state index contributed by atoms with van der Waals surface area (Å²) in [6.07, 6.45) is 4.16. The van der Waals surface area contributed by atoms with Crippen LogP contribution in [0.4, 0.5) is 0 Å². The average molecular weight is 336 g/mol. The number of likely N-dealkylation sites (N-methyl/N-ethyl adjacent to an activating group) is 1. The van der Waals surface area contributed by atoms with E-state index in [0.717, 1.165) is 36.5 Å². The average Bonchev–Trinajstić information content (AvgIpc) is 3.11. The van der Waals surface area contributed by atoms with Crippen molar-refractivity contribution in [2.24, 2.45) is 0 Å². The highest BCUT2D eigenvalue weighted by atomic mass is 32.1. The van der Waals surface area contributed by atoms with Gasteiger partial charge in [0.2, 0.25) is 0 Å². The second kappa shape index (κ2) is 6.42. The Balaban J connectivity index is 1.75. The first-order valence-electron chi connectivity index (χ1n) is 7.63. The fourth-order valence-corrected chi connectivity index (χ4v) is 4.81. The van der Waals surface area contributed by atoms with Crippen LogP contribution in [0.3, 0.4) is 0 Å². The smallest absolute Gasteiger partial charge is 0.267 e. The van der Waals surface area contributed by atoms with Crippen LogP contribution < -0.4 is 0 Å². The highest BCUT2D eigenvalue weighted by molar-refractivity contribution is 7.11. The molecule has 1 aliphatic carbocycles. The van der Waals surface area contributed by atoms with E-state index in [1.807, 2.05) is 18.9 Å². The summed E-state index contributed by atoms with van der Waals surface area (Å²) in [6.45, 7) is 4.78. The van der Waals surface area contributed by atoms with Crippen LogP contribution in [0.2, 0.25) is 0 Å². The third-order valence-electron chi connectivity index (χ3n) is 4.10. The van der Waals surface area contributed by atoms with E-state index in [9.17, 15) is 4.79 Å². The van der Waals surface area contributed by atoms with E-state index < -0.39 is 0 Å². The van der Waals surface area contributed by atoms with E-state index in [0.29, 0.717) is 10.8 Å². The Bertz CT molecular complexity index is 679. The van der Waals surface area contributed by atoms with Gasteiger partial charge < -0.3 is 4.90 Å². The summed E-state index contributed by atoms with van der Waals surface area (Å²) in [5.74, 6) is 0.388. The Hall–Kier alpha value is -1.34. The first-order chi connectivity index (χ1) is 10.6. The molecule has 1 amide bonds. The fourth-order valence-electron chi connectivity index (χ4n) is 3.00. The molecule has 0 N–H and O–H groups in total. The van der Waals surface area contributed by atoms with Gasteiger partial charge in [0.25, 0.3) is 5.91 Å². The molecule has 0 saturated carbocycles. The molecular formula is C15H20N4OS2. The lowest BCUT2D eigenvalue weighted by molar-refractivity contribution is 0.0786. The summed E-state index contributed by atoms with van der Waals surface area (Å²) in [7, 11) is 1.87. The normalized spacial score (nSPS) is 17.3. The van der Waals surface area contributed by atoms with Gasteiger partial charge in [-0.1, -0.05) is 11.4 Å². The quantitative estimate of drug-likeness (QED) is 0.861. The summed E-state index contributed by atoms with van der Waals surface area (Å²) in [5, 5.41) is 5.16. The summed E-state index contributed by atoms with van der Waals surface area (Å²) in [5.41, 5.74) is 2.02. The number of amides is 1. The van der Waals surface area contributed by atoms with Crippen LogP contribution in [-0.2, 0) is 12.8 Å². The Morgan fingerprint density at radius 1 is 1.45 bits per heavy atom. The Morgan fingerprint density at radius 3 is 3.05 bits per heavy atom. The van der Waals surface area contributed by atoms with E-state index in [4.69, 9.17) is 4.98 Å². The third-order valence-corrected chi connectivity index (χ3v) is 5.91. The summed E-state index contributed by atoms with van der Waals surface area (Å²) in [6, 6.07) is 0. The zero-order chi connectivity index (χ0) is 15.7. The zero-order valence-electron chi connectivity index (χ0n) is 13.1. The number of aromatic nitrogens is 3. The van der Waals surface area contributed by atoms with Crippen molar-refractivity contribution in [3.63, 3.8) is 0 Å². The molecule has 0 radical (unpaired) electrons. The van der Waals surface area contributed by atoms with Crippen molar-refractivity contribution < 1.29 is 4.79 Å². The molecule has 2 heterocycles. The van der Waals surface area contributed by atoms with Crippen LogP contribution in [0.15, 0.2) is 0 Å². The molecular weight excluding hydrogens is 316 g/mol. The number of fused-ring (bicyclic) bond motifs is 1. The number of carbonyl (C=O) groups is 1. The van der Waals surface area contributed by atoms with Crippen molar-refractivity contribution in [1.82, 2.24) is 19.5 Å². The standard InChI is InChI=1S/C15H20N4OS2/c1-4-11-14(22-18-17-11)15(20)19(3)8-10-6-5-7-12-13(10)16-9(2)21-12/h10H,4-8H2,1-3H3. The van der Waals surface area contributed by atoms with E-state index in [1.54, 1.807) is 11.3 Å². The molecule has 0 aliphatic heterocycles. The first-order valence-corrected chi connectivity index (χ1v) is 9.22. The highest BCUT2D eigenvalue weighted by Gasteiger charge is 2.27. The van der Waals surface area contributed by atoms with Gasteiger partial charge in [-0.2, -0.15) is 0 Å². The van der Waals surface area contributed by atoms with Crippen molar-refractivity contribution in [2.45, 2.75) is 45.4 Å². The minimum Gasteiger partial charge on any atom is -0.340 e. The van der Waals surface area contributed by atoms with Crippen molar-refractivity contribution in [1.29, 1.82) is 0 Å². The number of aryl methyl sites for hydroxylation is 3. The van der Waals surface area contributed by atoms with Gasteiger partial charge in [0.1, 0.15) is 4.88 Å². The second-order valence-corrected chi connectivity index (χ2v) is 7.76. The predicted octanol–water partition coefficient (Wildman–Crippen LogP) is 3.06. The number of thiazole rings is 1. The molecule has 0 saturated heterocycles. The van der Waals surface area contributed by atoms with E-state index in [-0.39, 0.29) is 5.91 Å². The molecule has 0 bridgehead atoms. The van der Waals surface area contributed by atoms with Gasteiger partial charge in [0, 0.05) is 24.4 Å².